The Labute approximate surface area is 162 Å². The summed E-state index contributed by atoms with van der Waals surface area (Å²) in [5.74, 6) is -0.256. The van der Waals surface area contributed by atoms with Crippen molar-refractivity contribution in [2.45, 2.75) is 63.1 Å². The van der Waals surface area contributed by atoms with E-state index < -0.39 is 0 Å². The predicted molar refractivity (Wildman–Crippen MR) is 104 cm³/mol. The average molecular weight is 383 g/mol. The number of H-pyrrole nitrogens is 1. The second-order valence-electron chi connectivity index (χ2n) is 7.67. The SMILES string of the molecule is O=C1CCC(CC(=O)N[C@@H]2CCCC[C@H]2NC(=O)c2cc3cccnc3[nH]2)N1. The highest BCUT2D eigenvalue weighted by atomic mass is 16.2. The van der Waals surface area contributed by atoms with Gasteiger partial charge < -0.3 is 20.9 Å². The van der Waals surface area contributed by atoms with Gasteiger partial charge in [0.25, 0.3) is 5.91 Å². The quantitative estimate of drug-likeness (QED) is 0.624. The van der Waals surface area contributed by atoms with Gasteiger partial charge in [0.05, 0.1) is 0 Å². The number of aromatic amines is 1. The van der Waals surface area contributed by atoms with Crippen LogP contribution in [0.2, 0.25) is 0 Å². The number of aromatic nitrogens is 2. The number of carbonyl (C=O) groups excluding carboxylic acids is 3. The van der Waals surface area contributed by atoms with Gasteiger partial charge in [-0.25, -0.2) is 4.98 Å². The number of hydrogen-bond donors (Lipinski definition) is 4. The van der Waals surface area contributed by atoms with Crippen molar-refractivity contribution < 1.29 is 14.4 Å². The van der Waals surface area contributed by atoms with E-state index >= 15 is 0 Å². The maximum absolute atomic E-state index is 12.7. The van der Waals surface area contributed by atoms with E-state index in [0.29, 0.717) is 24.2 Å². The van der Waals surface area contributed by atoms with Crippen LogP contribution >= 0.6 is 0 Å². The second kappa shape index (κ2) is 8.00. The Hall–Kier alpha value is -2.90. The topological polar surface area (TPSA) is 116 Å². The van der Waals surface area contributed by atoms with E-state index in [1.54, 1.807) is 12.3 Å². The molecule has 28 heavy (non-hydrogen) atoms. The molecule has 1 saturated heterocycles. The third-order valence-electron chi connectivity index (χ3n) is 5.58. The molecule has 8 nitrogen and oxygen atoms in total. The first-order valence-electron chi connectivity index (χ1n) is 9.92. The number of rotatable bonds is 5. The molecule has 2 aromatic rings. The summed E-state index contributed by atoms with van der Waals surface area (Å²) in [4.78, 5) is 43.7. The van der Waals surface area contributed by atoms with Gasteiger partial charge in [-0.2, -0.15) is 0 Å². The van der Waals surface area contributed by atoms with Crippen molar-refractivity contribution in [3.05, 3.63) is 30.1 Å². The summed E-state index contributed by atoms with van der Waals surface area (Å²) >= 11 is 0. The summed E-state index contributed by atoms with van der Waals surface area (Å²) in [7, 11) is 0. The standard InChI is InChI=1S/C20H25N5O3/c26-17-8-7-13(22-17)11-18(27)23-14-5-1-2-6-15(14)25-20(28)16-10-12-4-3-9-21-19(12)24-16/h3-4,9-10,13-15H,1-2,5-8,11H2,(H,21,24)(H,22,26)(H,23,27)(H,25,28)/t13?,14-,15-/m1/s1. The van der Waals surface area contributed by atoms with Crippen molar-refractivity contribution in [1.29, 1.82) is 0 Å². The smallest absolute Gasteiger partial charge is 0.268 e. The molecule has 1 unspecified atom stereocenters. The fourth-order valence-corrected chi connectivity index (χ4v) is 4.12. The first-order valence-corrected chi connectivity index (χ1v) is 9.92. The molecule has 3 heterocycles. The van der Waals surface area contributed by atoms with E-state index in [1.807, 2.05) is 12.1 Å². The van der Waals surface area contributed by atoms with Crippen molar-refractivity contribution in [3.63, 3.8) is 0 Å². The van der Waals surface area contributed by atoms with Crippen LogP contribution in [0.4, 0.5) is 0 Å². The zero-order chi connectivity index (χ0) is 19.5. The molecule has 0 spiro atoms. The van der Waals surface area contributed by atoms with Crippen LogP contribution in [0.25, 0.3) is 11.0 Å². The number of fused-ring (bicyclic) bond motifs is 1. The van der Waals surface area contributed by atoms with E-state index in [2.05, 4.69) is 25.9 Å². The zero-order valence-corrected chi connectivity index (χ0v) is 15.7. The Kier molecular flexibility index (Phi) is 5.27. The number of hydrogen-bond acceptors (Lipinski definition) is 4. The van der Waals surface area contributed by atoms with Gasteiger partial charge in [-0.05, 0) is 37.5 Å². The maximum atomic E-state index is 12.7. The third-order valence-corrected chi connectivity index (χ3v) is 5.58. The summed E-state index contributed by atoms with van der Waals surface area (Å²) in [6.45, 7) is 0. The molecule has 0 aromatic carbocycles. The Balaban J connectivity index is 1.37. The zero-order valence-electron chi connectivity index (χ0n) is 15.7. The Morgan fingerprint density at radius 2 is 1.93 bits per heavy atom. The van der Waals surface area contributed by atoms with Crippen molar-refractivity contribution in [2.75, 3.05) is 0 Å². The molecule has 3 amide bonds. The molecule has 1 aliphatic carbocycles. The molecule has 148 valence electrons. The van der Waals surface area contributed by atoms with Gasteiger partial charge in [0.1, 0.15) is 11.3 Å². The lowest BCUT2D eigenvalue weighted by atomic mass is 9.90. The van der Waals surface area contributed by atoms with Crippen LogP contribution in [-0.2, 0) is 9.59 Å². The monoisotopic (exact) mass is 383 g/mol. The van der Waals surface area contributed by atoms with E-state index in [4.69, 9.17) is 0 Å². The molecule has 4 N–H and O–H groups in total. The predicted octanol–water partition coefficient (Wildman–Crippen LogP) is 1.39. The molecule has 4 rings (SSSR count). The van der Waals surface area contributed by atoms with Crippen molar-refractivity contribution in [2.24, 2.45) is 0 Å². The maximum Gasteiger partial charge on any atom is 0.268 e. The molecule has 2 fully saturated rings. The molecular formula is C20H25N5O3. The summed E-state index contributed by atoms with van der Waals surface area (Å²) in [6.07, 6.45) is 6.86. The van der Waals surface area contributed by atoms with Gasteiger partial charge in [-0.1, -0.05) is 12.8 Å². The highest BCUT2D eigenvalue weighted by Crippen LogP contribution is 2.20. The fraction of sp³-hybridized carbons (Fsp3) is 0.500. The molecule has 0 radical (unpaired) electrons. The van der Waals surface area contributed by atoms with Crippen molar-refractivity contribution in [3.8, 4) is 0 Å². The van der Waals surface area contributed by atoms with Gasteiger partial charge in [-0.15, -0.1) is 0 Å². The first kappa shape index (κ1) is 18.5. The molecule has 2 aliphatic rings. The van der Waals surface area contributed by atoms with Crippen LogP contribution in [-0.4, -0.2) is 45.8 Å². The first-order chi connectivity index (χ1) is 13.6. The summed E-state index contributed by atoms with van der Waals surface area (Å²) in [6, 6.07) is 5.24. The highest BCUT2D eigenvalue weighted by Gasteiger charge is 2.30. The van der Waals surface area contributed by atoms with Crippen molar-refractivity contribution in [1.82, 2.24) is 25.9 Å². The van der Waals surface area contributed by atoms with Crippen LogP contribution in [0.1, 0.15) is 55.4 Å². The van der Waals surface area contributed by atoms with E-state index in [1.165, 1.54) is 0 Å². The van der Waals surface area contributed by atoms with Crippen LogP contribution in [0.5, 0.6) is 0 Å². The average Bonchev–Trinajstić information content (AvgIpc) is 3.29. The normalized spacial score (nSPS) is 24.7. The number of pyridine rings is 1. The Bertz CT molecular complexity index is 860. The van der Waals surface area contributed by atoms with Gasteiger partial charge in [0, 0.05) is 42.6 Å². The molecule has 1 saturated carbocycles. The number of amides is 3. The minimum Gasteiger partial charge on any atom is -0.353 e. The van der Waals surface area contributed by atoms with Crippen LogP contribution in [0.15, 0.2) is 24.4 Å². The number of nitrogens with zero attached hydrogens (tertiary/aromatic N) is 1. The Morgan fingerprint density at radius 3 is 2.64 bits per heavy atom. The second-order valence-corrected chi connectivity index (χ2v) is 7.67. The van der Waals surface area contributed by atoms with Crippen LogP contribution in [0, 0.1) is 0 Å². The summed E-state index contributed by atoms with van der Waals surface area (Å²) in [5.41, 5.74) is 1.15. The van der Waals surface area contributed by atoms with Crippen LogP contribution in [0.3, 0.4) is 0 Å². The van der Waals surface area contributed by atoms with Crippen molar-refractivity contribution >= 4 is 28.8 Å². The molecule has 3 atom stereocenters. The highest BCUT2D eigenvalue weighted by molar-refractivity contribution is 5.97. The largest absolute Gasteiger partial charge is 0.353 e. The van der Waals surface area contributed by atoms with Gasteiger partial charge in [-0.3, -0.25) is 14.4 Å². The fourth-order valence-electron chi connectivity index (χ4n) is 4.12. The molecule has 2 aromatic heterocycles. The number of nitrogens with one attached hydrogen (secondary N) is 4. The van der Waals surface area contributed by atoms with Gasteiger partial charge >= 0.3 is 0 Å². The molecular weight excluding hydrogens is 358 g/mol. The lowest BCUT2D eigenvalue weighted by Gasteiger charge is -2.33. The van der Waals surface area contributed by atoms with Gasteiger partial charge in [0.15, 0.2) is 0 Å². The lowest BCUT2D eigenvalue weighted by Crippen LogP contribution is -2.53. The summed E-state index contributed by atoms with van der Waals surface area (Å²) in [5, 5.41) is 9.85. The molecule has 0 bridgehead atoms. The third kappa shape index (κ3) is 4.16. The van der Waals surface area contributed by atoms with Crippen LogP contribution < -0.4 is 16.0 Å². The minimum absolute atomic E-state index is 0.00781. The Morgan fingerprint density at radius 1 is 1.14 bits per heavy atom. The van der Waals surface area contributed by atoms with Gasteiger partial charge in [0.2, 0.25) is 11.8 Å². The lowest BCUT2D eigenvalue weighted by molar-refractivity contribution is -0.122. The van der Waals surface area contributed by atoms with E-state index in [9.17, 15) is 14.4 Å². The van der Waals surface area contributed by atoms with E-state index in [0.717, 1.165) is 31.1 Å². The molecule has 8 heteroatoms. The summed E-state index contributed by atoms with van der Waals surface area (Å²) < 4.78 is 0. The minimum atomic E-state index is -0.188. The number of carbonyl (C=O) groups is 3. The van der Waals surface area contributed by atoms with E-state index in [-0.39, 0.29) is 42.3 Å². The molecule has 1 aliphatic heterocycles.